The van der Waals surface area contributed by atoms with Crippen LogP contribution in [0.25, 0.3) is 0 Å². The van der Waals surface area contributed by atoms with E-state index >= 15 is 0 Å². The van der Waals surface area contributed by atoms with Crippen molar-refractivity contribution in [3.63, 3.8) is 0 Å². The molecular formula is C19H25N5O2S2. The van der Waals surface area contributed by atoms with Gasteiger partial charge in [-0.15, -0.1) is 5.10 Å². The molecule has 0 radical (unpaired) electrons. The van der Waals surface area contributed by atoms with Crippen molar-refractivity contribution in [3.8, 4) is 0 Å². The summed E-state index contributed by atoms with van der Waals surface area (Å²) in [5.74, 6) is 0.00557. The number of benzene rings is 1. The van der Waals surface area contributed by atoms with E-state index in [2.05, 4.69) is 15.3 Å². The summed E-state index contributed by atoms with van der Waals surface area (Å²) < 4.78 is 2.43. The lowest BCUT2D eigenvalue weighted by molar-refractivity contribution is -0.118. The number of carbonyl (C=O) groups excluding carboxylic acids is 2. The number of amides is 2. The fourth-order valence-electron chi connectivity index (χ4n) is 2.95. The predicted octanol–water partition coefficient (Wildman–Crippen LogP) is 3.03. The highest BCUT2D eigenvalue weighted by Gasteiger charge is 2.35. The van der Waals surface area contributed by atoms with Crippen LogP contribution in [-0.4, -0.2) is 46.6 Å². The lowest BCUT2D eigenvalue weighted by atomic mass is 10.1. The summed E-state index contributed by atoms with van der Waals surface area (Å²) in [6.07, 6.45) is 2.53. The minimum atomic E-state index is -0.0944. The fourth-order valence-corrected chi connectivity index (χ4v) is 4.12. The second-order valence-corrected chi connectivity index (χ2v) is 8.53. The van der Waals surface area contributed by atoms with Crippen LogP contribution in [0.2, 0.25) is 0 Å². The van der Waals surface area contributed by atoms with Crippen LogP contribution in [0.4, 0.5) is 5.13 Å². The van der Waals surface area contributed by atoms with Crippen molar-refractivity contribution in [2.45, 2.75) is 45.4 Å². The summed E-state index contributed by atoms with van der Waals surface area (Å²) in [4.78, 5) is 27.8. The first-order valence-corrected chi connectivity index (χ1v) is 10.5. The average Bonchev–Trinajstić information content (AvgIpc) is 3.45. The van der Waals surface area contributed by atoms with Crippen molar-refractivity contribution in [2.24, 2.45) is 0 Å². The lowest BCUT2D eigenvalue weighted by Crippen LogP contribution is -2.32. The molecule has 0 bridgehead atoms. The van der Waals surface area contributed by atoms with E-state index in [-0.39, 0.29) is 17.9 Å². The van der Waals surface area contributed by atoms with Crippen LogP contribution >= 0.6 is 23.6 Å². The minimum Gasteiger partial charge on any atom is -0.355 e. The van der Waals surface area contributed by atoms with E-state index in [1.165, 1.54) is 11.3 Å². The van der Waals surface area contributed by atoms with E-state index in [4.69, 9.17) is 12.2 Å². The molecule has 150 valence electrons. The average molecular weight is 420 g/mol. The summed E-state index contributed by atoms with van der Waals surface area (Å²) in [5.41, 5.74) is 1.74. The van der Waals surface area contributed by atoms with Crippen LogP contribution in [-0.2, 0) is 18.0 Å². The molecule has 1 fully saturated rings. The lowest BCUT2D eigenvalue weighted by Gasteiger charge is -2.19. The molecule has 1 aliphatic rings. The molecule has 2 amide bonds. The summed E-state index contributed by atoms with van der Waals surface area (Å²) >= 11 is 6.86. The molecule has 1 heterocycles. The number of carbonyl (C=O) groups is 2. The van der Waals surface area contributed by atoms with Crippen LogP contribution in [0.15, 0.2) is 24.3 Å². The van der Waals surface area contributed by atoms with Crippen molar-refractivity contribution in [1.82, 2.24) is 20.0 Å². The third kappa shape index (κ3) is 4.84. The summed E-state index contributed by atoms with van der Waals surface area (Å²) in [7, 11) is 3.61. The molecular weight excluding hydrogens is 394 g/mol. The number of nitrogens with one attached hydrogen (secondary N) is 1. The third-order valence-corrected chi connectivity index (χ3v) is 5.86. The van der Waals surface area contributed by atoms with Gasteiger partial charge in [-0.1, -0.05) is 30.4 Å². The van der Waals surface area contributed by atoms with E-state index in [9.17, 15) is 9.59 Å². The molecule has 1 saturated carbocycles. The summed E-state index contributed by atoms with van der Waals surface area (Å²) in [6, 6.07) is 7.80. The maximum Gasteiger partial charge on any atom is 0.251 e. The number of nitrogens with zero attached hydrogens (tertiary/aromatic N) is 4. The molecule has 1 aromatic carbocycles. The quantitative estimate of drug-likeness (QED) is 0.666. The molecule has 1 N–H and O–H groups in total. The Balaban J connectivity index is 1.66. The molecule has 3 rings (SSSR count). The molecule has 1 aliphatic carbocycles. The first-order valence-electron chi connectivity index (χ1n) is 9.32. The Morgan fingerprint density at radius 1 is 1.32 bits per heavy atom. The molecule has 0 spiro atoms. The summed E-state index contributed by atoms with van der Waals surface area (Å²) in [5, 5.41) is 7.93. The molecule has 0 unspecified atom stereocenters. The monoisotopic (exact) mass is 419 g/mol. The largest absolute Gasteiger partial charge is 0.355 e. The molecule has 2 aromatic rings. The number of hydrogen-bond acceptors (Lipinski definition) is 6. The van der Waals surface area contributed by atoms with E-state index < -0.39 is 0 Å². The van der Waals surface area contributed by atoms with Gasteiger partial charge in [0.15, 0.2) is 3.95 Å². The van der Waals surface area contributed by atoms with E-state index in [1.54, 1.807) is 11.7 Å². The second kappa shape index (κ2) is 8.93. The number of hydrogen-bond donors (Lipinski definition) is 1. The Morgan fingerprint density at radius 2 is 2.00 bits per heavy atom. The number of anilines is 1. The van der Waals surface area contributed by atoms with E-state index in [1.807, 2.05) is 43.1 Å². The smallest absolute Gasteiger partial charge is 0.251 e. The highest BCUT2D eigenvalue weighted by molar-refractivity contribution is 7.73. The normalized spacial score (nSPS) is 13.6. The number of rotatable bonds is 8. The standard InChI is InChI=1S/C19H25N5O2S2/c1-4-16(25)24(15-9-10-15)18-21-23(19(27)28-18)12-22(3)11-13-5-7-14(8-6-13)17(26)20-2/h5-8,15H,4,9-12H2,1-3H3,(H,20,26). The Bertz CT molecular complexity index is 902. The van der Waals surface area contributed by atoms with Crippen molar-refractivity contribution in [2.75, 3.05) is 19.0 Å². The first kappa shape index (κ1) is 20.6. The van der Waals surface area contributed by atoms with Gasteiger partial charge >= 0.3 is 0 Å². The van der Waals surface area contributed by atoms with E-state index in [0.717, 1.165) is 18.4 Å². The maximum atomic E-state index is 12.3. The van der Waals surface area contributed by atoms with E-state index in [0.29, 0.717) is 34.3 Å². The molecule has 28 heavy (non-hydrogen) atoms. The minimum absolute atomic E-state index is 0.0944. The zero-order valence-electron chi connectivity index (χ0n) is 16.3. The Labute approximate surface area is 174 Å². The number of aromatic nitrogens is 2. The Kier molecular flexibility index (Phi) is 6.58. The zero-order valence-corrected chi connectivity index (χ0v) is 18.0. The third-order valence-electron chi connectivity index (χ3n) is 4.56. The van der Waals surface area contributed by atoms with Crippen molar-refractivity contribution in [1.29, 1.82) is 0 Å². The van der Waals surface area contributed by atoms with Gasteiger partial charge < -0.3 is 5.32 Å². The van der Waals surface area contributed by atoms with Crippen molar-refractivity contribution < 1.29 is 9.59 Å². The maximum absolute atomic E-state index is 12.3. The molecule has 7 nitrogen and oxygen atoms in total. The second-order valence-electron chi connectivity index (χ2n) is 6.93. The fraction of sp³-hybridized carbons (Fsp3) is 0.474. The summed E-state index contributed by atoms with van der Waals surface area (Å²) in [6.45, 7) is 3.10. The van der Waals surface area contributed by atoms with Crippen LogP contribution in [0.5, 0.6) is 0 Å². The van der Waals surface area contributed by atoms with Gasteiger partial charge in [0.25, 0.3) is 5.91 Å². The van der Waals surface area contributed by atoms with Crippen molar-refractivity contribution in [3.05, 3.63) is 39.3 Å². The first-order chi connectivity index (χ1) is 13.4. The SMILES string of the molecule is CCC(=O)N(c1nn(CN(C)Cc2ccc(C(=O)NC)cc2)c(=S)s1)C1CC1. The predicted molar refractivity (Wildman–Crippen MR) is 113 cm³/mol. The molecule has 9 heteroatoms. The molecule has 0 saturated heterocycles. The van der Waals surface area contributed by atoms with Crippen molar-refractivity contribution >= 4 is 40.5 Å². The van der Waals surface area contributed by atoms with Gasteiger partial charge in [0.05, 0.1) is 6.67 Å². The molecule has 0 atom stereocenters. The van der Waals surface area contributed by atoms with Crippen LogP contribution in [0, 0.1) is 3.95 Å². The Hall–Kier alpha value is -2.10. The van der Waals surface area contributed by atoms with Gasteiger partial charge in [-0.25, -0.2) is 4.68 Å². The van der Waals surface area contributed by atoms with Crippen LogP contribution in [0.3, 0.4) is 0 Å². The molecule has 1 aromatic heterocycles. The topological polar surface area (TPSA) is 70.5 Å². The zero-order chi connectivity index (χ0) is 20.3. The highest BCUT2D eigenvalue weighted by atomic mass is 32.1. The van der Waals surface area contributed by atoms with Gasteiger partial charge in [-0.05, 0) is 49.8 Å². The van der Waals surface area contributed by atoms with Crippen LogP contribution < -0.4 is 10.2 Å². The highest BCUT2D eigenvalue weighted by Crippen LogP contribution is 2.33. The van der Waals surface area contributed by atoms with Gasteiger partial charge in [0.1, 0.15) is 0 Å². The van der Waals surface area contributed by atoms with Gasteiger partial charge in [-0.3, -0.25) is 19.4 Å². The Morgan fingerprint density at radius 3 is 2.57 bits per heavy atom. The van der Waals surface area contributed by atoms with Gasteiger partial charge in [0.2, 0.25) is 11.0 Å². The van der Waals surface area contributed by atoms with Gasteiger partial charge in [0, 0.05) is 31.6 Å². The van der Waals surface area contributed by atoms with Gasteiger partial charge in [-0.2, -0.15) is 0 Å². The van der Waals surface area contributed by atoms with Crippen LogP contribution in [0.1, 0.15) is 42.1 Å². The molecule has 0 aliphatic heterocycles.